The summed E-state index contributed by atoms with van der Waals surface area (Å²) in [6, 6.07) is 14.4. The number of anilines is 2. The van der Waals surface area contributed by atoms with E-state index in [2.05, 4.69) is 0 Å². The number of ether oxygens (including phenoxy) is 4. The maximum Gasteiger partial charge on any atom is 0.351 e. The molecule has 0 radical (unpaired) electrons. The van der Waals surface area contributed by atoms with Crippen LogP contribution in [0.2, 0.25) is 10.0 Å². The van der Waals surface area contributed by atoms with E-state index in [1.165, 1.54) is 23.5 Å². The molecule has 2 heterocycles. The number of benzene rings is 2. The Bertz CT molecular complexity index is 1520. The van der Waals surface area contributed by atoms with Crippen LogP contribution in [0, 0.1) is 22.7 Å². The second kappa shape index (κ2) is 18.9. The molecule has 0 aliphatic carbocycles. The minimum absolute atomic E-state index is 0.0485. The van der Waals surface area contributed by atoms with Crippen LogP contribution < -0.4 is 9.80 Å². The summed E-state index contributed by atoms with van der Waals surface area (Å²) in [7, 11) is 0. The number of esters is 2. The highest BCUT2D eigenvalue weighted by molar-refractivity contribution is 8.04. The highest BCUT2D eigenvalue weighted by atomic mass is 35.5. The standard InChI is InChI=1S/C32H32Cl2N4O8S2/c33-21-3-5-25-27(17-21)47-29(37(25)7-1-9-39)23(19-35)31(41)45-15-13-43-11-12-44-14-16-46-32(42)24(20-36)30-38(8-2-10-40)26-6-4-22(34)18-28(26)48-30/h3-6,17-18,39-40H,1-2,7-16H2/b29-23-,30-24-. The highest BCUT2D eigenvalue weighted by Crippen LogP contribution is 2.49. The van der Waals surface area contributed by atoms with Gasteiger partial charge in [-0.1, -0.05) is 46.7 Å². The molecule has 48 heavy (non-hydrogen) atoms. The maximum atomic E-state index is 12.8. The van der Waals surface area contributed by atoms with Gasteiger partial charge in [-0.2, -0.15) is 10.5 Å². The first kappa shape index (κ1) is 37.4. The molecule has 0 atom stereocenters. The molecule has 0 bridgehead atoms. The van der Waals surface area contributed by atoms with E-state index in [1.807, 2.05) is 12.1 Å². The molecule has 0 saturated carbocycles. The van der Waals surface area contributed by atoms with Crippen molar-refractivity contribution in [2.24, 2.45) is 0 Å². The van der Waals surface area contributed by atoms with Gasteiger partial charge in [0.25, 0.3) is 0 Å². The lowest BCUT2D eigenvalue weighted by Gasteiger charge is -2.20. The largest absolute Gasteiger partial charge is 0.459 e. The topological polar surface area (TPSA) is 166 Å². The molecule has 2 aliphatic rings. The number of hydrogen-bond acceptors (Lipinski definition) is 14. The fraction of sp³-hybridized carbons (Fsp3) is 0.375. The number of thioether (sulfide) groups is 2. The van der Waals surface area contributed by atoms with Gasteiger partial charge in [-0.15, -0.1) is 0 Å². The molecule has 16 heteroatoms. The van der Waals surface area contributed by atoms with E-state index in [0.717, 1.165) is 21.2 Å². The lowest BCUT2D eigenvalue weighted by molar-refractivity contribution is -0.141. The Morgan fingerprint density at radius 1 is 0.688 bits per heavy atom. The van der Waals surface area contributed by atoms with Crippen LogP contribution in [-0.4, -0.2) is 88.1 Å². The molecule has 4 rings (SSSR count). The molecule has 12 nitrogen and oxygen atoms in total. The van der Waals surface area contributed by atoms with Crippen LogP contribution >= 0.6 is 46.7 Å². The summed E-state index contributed by atoms with van der Waals surface area (Å²) in [6.07, 6.45) is 0.874. The second-order valence-corrected chi connectivity index (χ2v) is 12.9. The molecule has 254 valence electrons. The lowest BCUT2D eigenvalue weighted by Crippen LogP contribution is -2.24. The van der Waals surface area contributed by atoms with Crippen molar-refractivity contribution in [2.75, 3.05) is 75.7 Å². The number of halogens is 2. The highest BCUT2D eigenvalue weighted by Gasteiger charge is 2.32. The summed E-state index contributed by atoms with van der Waals surface area (Å²) in [5, 5.41) is 40.0. The summed E-state index contributed by atoms with van der Waals surface area (Å²) in [6.45, 7) is 0.984. The first-order valence-electron chi connectivity index (χ1n) is 14.8. The van der Waals surface area contributed by atoms with Crippen molar-refractivity contribution < 1.29 is 38.7 Å². The first-order valence-corrected chi connectivity index (χ1v) is 17.2. The van der Waals surface area contributed by atoms with E-state index in [4.69, 9.17) is 42.1 Å². The molecule has 0 amide bonds. The quantitative estimate of drug-likeness (QED) is 0.0978. The van der Waals surface area contributed by atoms with E-state index in [0.29, 0.717) is 46.0 Å². The van der Waals surface area contributed by atoms with E-state index < -0.39 is 11.9 Å². The summed E-state index contributed by atoms with van der Waals surface area (Å²) in [4.78, 5) is 30.7. The number of carbonyl (C=O) groups excluding carboxylic acids is 2. The smallest absolute Gasteiger partial charge is 0.351 e. The third kappa shape index (κ3) is 9.59. The van der Waals surface area contributed by atoms with E-state index in [9.17, 15) is 30.3 Å². The number of nitriles is 2. The fourth-order valence-corrected chi connectivity index (χ4v) is 7.50. The van der Waals surface area contributed by atoms with Gasteiger partial charge in [-0.25, -0.2) is 9.59 Å². The fourth-order valence-electron chi connectivity index (χ4n) is 4.61. The second-order valence-electron chi connectivity index (χ2n) is 9.97. The maximum absolute atomic E-state index is 12.8. The number of hydrogen-bond donors (Lipinski definition) is 2. The molecular formula is C32H32Cl2N4O8S2. The number of aliphatic hydroxyl groups is 2. The van der Waals surface area contributed by atoms with Gasteiger partial charge >= 0.3 is 11.9 Å². The number of nitrogens with zero attached hydrogens (tertiary/aromatic N) is 4. The van der Waals surface area contributed by atoms with Crippen LogP contribution in [0.3, 0.4) is 0 Å². The van der Waals surface area contributed by atoms with Crippen LogP contribution in [-0.2, 0) is 28.5 Å². The third-order valence-electron chi connectivity index (χ3n) is 6.76. The first-order chi connectivity index (χ1) is 23.3. The zero-order valence-corrected chi connectivity index (χ0v) is 28.8. The molecule has 0 fully saturated rings. The molecule has 0 saturated heterocycles. The predicted molar refractivity (Wildman–Crippen MR) is 182 cm³/mol. The number of carbonyl (C=O) groups is 2. The van der Waals surface area contributed by atoms with Crippen LogP contribution in [0.25, 0.3) is 0 Å². The Kier molecular flexibility index (Phi) is 14.7. The Morgan fingerprint density at radius 3 is 1.46 bits per heavy atom. The Hall–Kier alpha value is -3.44. The van der Waals surface area contributed by atoms with Crippen LogP contribution in [0.1, 0.15) is 12.8 Å². The molecule has 2 aromatic rings. The Labute approximate surface area is 296 Å². The van der Waals surface area contributed by atoms with Gasteiger partial charge in [0.15, 0.2) is 11.1 Å². The van der Waals surface area contributed by atoms with Crippen molar-refractivity contribution >= 4 is 70.0 Å². The average molecular weight is 736 g/mol. The molecule has 0 spiro atoms. The zero-order chi connectivity index (χ0) is 34.5. The number of aliphatic hydroxyl groups excluding tert-OH is 2. The van der Waals surface area contributed by atoms with Gasteiger partial charge in [-0.05, 0) is 49.2 Å². The van der Waals surface area contributed by atoms with E-state index in [-0.39, 0.29) is 64.0 Å². The molecule has 0 unspecified atom stereocenters. The molecule has 2 N–H and O–H groups in total. The van der Waals surface area contributed by atoms with Gasteiger partial charge in [0.2, 0.25) is 0 Å². The van der Waals surface area contributed by atoms with Crippen molar-refractivity contribution in [3.05, 3.63) is 67.6 Å². The molecular weight excluding hydrogens is 703 g/mol. The SMILES string of the molecule is N#C/C(C(=O)OCCOCCOCCOC(=O)/C(C#N)=C1\Sc2cc(Cl)ccc2N1CCCO)=C1/Sc2cc(Cl)ccc2N1CCCO. The molecule has 2 aromatic carbocycles. The van der Waals surface area contributed by atoms with Crippen molar-refractivity contribution in [1.82, 2.24) is 0 Å². The summed E-state index contributed by atoms with van der Waals surface area (Å²) < 4.78 is 21.4. The number of rotatable bonds is 17. The van der Waals surface area contributed by atoms with Gasteiger partial charge in [0, 0.05) is 46.1 Å². The van der Waals surface area contributed by atoms with Gasteiger partial charge in [-0.3, -0.25) is 0 Å². The Balaban J connectivity index is 1.17. The van der Waals surface area contributed by atoms with Gasteiger partial charge < -0.3 is 39.0 Å². The monoisotopic (exact) mass is 734 g/mol. The predicted octanol–water partition coefficient (Wildman–Crippen LogP) is 4.87. The molecule has 2 aliphatic heterocycles. The van der Waals surface area contributed by atoms with E-state index >= 15 is 0 Å². The average Bonchev–Trinajstić information content (AvgIpc) is 3.60. The van der Waals surface area contributed by atoms with Gasteiger partial charge in [0.05, 0.1) is 37.8 Å². The Morgan fingerprint density at radius 2 is 1.08 bits per heavy atom. The third-order valence-corrected chi connectivity index (χ3v) is 9.56. The van der Waals surface area contributed by atoms with Crippen molar-refractivity contribution in [2.45, 2.75) is 22.6 Å². The van der Waals surface area contributed by atoms with E-state index in [1.54, 1.807) is 46.2 Å². The van der Waals surface area contributed by atoms with Crippen molar-refractivity contribution in [1.29, 1.82) is 10.5 Å². The van der Waals surface area contributed by atoms with Crippen LogP contribution in [0.4, 0.5) is 11.4 Å². The van der Waals surface area contributed by atoms with Crippen molar-refractivity contribution in [3.63, 3.8) is 0 Å². The minimum atomic E-state index is -0.790. The normalized spacial score (nSPS) is 15.4. The van der Waals surface area contributed by atoms with Crippen LogP contribution in [0.15, 0.2) is 67.4 Å². The minimum Gasteiger partial charge on any atom is -0.459 e. The zero-order valence-electron chi connectivity index (χ0n) is 25.7. The van der Waals surface area contributed by atoms with Crippen LogP contribution in [0.5, 0.6) is 0 Å². The summed E-state index contributed by atoms with van der Waals surface area (Å²) in [5.41, 5.74) is 1.27. The summed E-state index contributed by atoms with van der Waals surface area (Å²) >= 11 is 14.7. The summed E-state index contributed by atoms with van der Waals surface area (Å²) in [5.74, 6) is -1.58. The molecule has 0 aromatic heterocycles. The number of fused-ring (bicyclic) bond motifs is 2. The lowest BCUT2D eigenvalue weighted by atomic mass is 10.2. The van der Waals surface area contributed by atoms with Gasteiger partial charge in [0.1, 0.15) is 35.4 Å². The van der Waals surface area contributed by atoms with Crippen molar-refractivity contribution in [3.8, 4) is 12.1 Å².